The van der Waals surface area contributed by atoms with Gasteiger partial charge in [0.05, 0.1) is 12.4 Å². The number of carbonyl (C=O) groups is 1. The van der Waals surface area contributed by atoms with Crippen molar-refractivity contribution in [3.05, 3.63) is 42.5 Å². The van der Waals surface area contributed by atoms with Gasteiger partial charge in [-0.25, -0.2) is 0 Å². The van der Waals surface area contributed by atoms with Crippen molar-refractivity contribution in [3.8, 4) is 17.2 Å². The summed E-state index contributed by atoms with van der Waals surface area (Å²) in [6, 6.07) is 12.9. The van der Waals surface area contributed by atoms with Gasteiger partial charge in [0.2, 0.25) is 11.0 Å². The molecule has 0 radical (unpaired) electrons. The van der Waals surface area contributed by atoms with Gasteiger partial charge in [-0.2, -0.15) is 0 Å². The second-order valence-electron chi connectivity index (χ2n) is 6.34. The minimum Gasteiger partial charge on any atom is -0.497 e. The molecular weight excluding hydrogens is 424 g/mol. The first kappa shape index (κ1) is 20.3. The maximum Gasteiger partial charge on any atom is 0.237 e. The predicted octanol–water partition coefficient (Wildman–Crippen LogP) is 4.18. The molecule has 0 bridgehead atoms. The van der Waals surface area contributed by atoms with Gasteiger partial charge in [-0.1, -0.05) is 29.2 Å². The number of rotatable bonds is 7. The number of anilines is 3. The van der Waals surface area contributed by atoms with Gasteiger partial charge in [-0.3, -0.25) is 4.79 Å². The van der Waals surface area contributed by atoms with Crippen molar-refractivity contribution in [3.63, 3.8) is 0 Å². The zero-order valence-corrected chi connectivity index (χ0v) is 18.0. The van der Waals surface area contributed by atoms with Gasteiger partial charge in [0.25, 0.3) is 0 Å². The molecule has 1 aliphatic rings. The van der Waals surface area contributed by atoms with Crippen LogP contribution in [0.1, 0.15) is 6.92 Å². The first-order valence-electron chi connectivity index (χ1n) is 9.22. The van der Waals surface area contributed by atoms with E-state index in [1.165, 1.54) is 23.1 Å². The largest absolute Gasteiger partial charge is 0.497 e. The number of thioether (sulfide) groups is 1. The highest BCUT2D eigenvalue weighted by molar-refractivity contribution is 8.02. The van der Waals surface area contributed by atoms with E-state index in [0.29, 0.717) is 39.9 Å². The Morgan fingerprint density at radius 3 is 2.80 bits per heavy atom. The average Bonchev–Trinajstić information content (AvgIpc) is 3.20. The summed E-state index contributed by atoms with van der Waals surface area (Å²) in [5, 5.41) is 14.7. The molecule has 2 aromatic carbocycles. The second kappa shape index (κ2) is 9.23. The molecular formula is C20H20N4O4S2. The van der Waals surface area contributed by atoms with Crippen LogP contribution >= 0.6 is 23.1 Å². The predicted molar refractivity (Wildman–Crippen MR) is 118 cm³/mol. The summed E-state index contributed by atoms with van der Waals surface area (Å²) in [6.45, 7) is 2.86. The molecule has 0 fully saturated rings. The Bertz CT molecular complexity index is 1040. The minimum atomic E-state index is -0.351. The Hall–Kier alpha value is -2.98. The summed E-state index contributed by atoms with van der Waals surface area (Å²) in [4.78, 5) is 12.6. The fourth-order valence-electron chi connectivity index (χ4n) is 2.70. The van der Waals surface area contributed by atoms with Crippen LogP contribution in [-0.2, 0) is 4.79 Å². The van der Waals surface area contributed by atoms with Gasteiger partial charge >= 0.3 is 0 Å². The van der Waals surface area contributed by atoms with Crippen molar-refractivity contribution in [2.45, 2.75) is 16.5 Å². The number of aromatic nitrogens is 2. The number of fused-ring (bicyclic) bond motifs is 1. The molecule has 1 atom stereocenters. The van der Waals surface area contributed by atoms with E-state index in [0.717, 1.165) is 11.4 Å². The van der Waals surface area contributed by atoms with Gasteiger partial charge < -0.3 is 24.8 Å². The minimum absolute atomic E-state index is 0.130. The Morgan fingerprint density at radius 2 is 1.97 bits per heavy atom. The van der Waals surface area contributed by atoms with Crippen molar-refractivity contribution in [1.82, 2.24) is 10.2 Å². The molecule has 1 aliphatic heterocycles. The van der Waals surface area contributed by atoms with Crippen LogP contribution in [-0.4, -0.2) is 41.7 Å². The highest BCUT2D eigenvalue weighted by Crippen LogP contribution is 2.34. The van der Waals surface area contributed by atoms with Crippen LogP contribution in [0, 0.1) is 0 Å². The molecule has 0 aliphatic carbocycles. The molecule has 0 saturated carbocycles. The quantitative estimate of drug-likeness (QED) is 0.524. The summed E-state index contributed by atoms with van der Waals surface area (Å²) in [5.41, 5.74) is 1.51. The molecule has 1 aromatic heterocycles. The first-order valence-corrected chi connectivity index (χ1v) is 10.9. The van der Waals surface area contributed by atoms with Crippen LogP contribution in [0.4, 0.5) is 16.5 Å². The summed E-state index contributed by atoms with van der Waals surface area (Å²) < 4.78 is 17.0. The molecule has 8 nitrogen and oxygen atoms in total. The van der Waals surface area contributed by atoms with Crippen molar-refractivity contribution < 1.29 is 19.0 Å². The zero-order valence-electron chi connectivity index (χ0n) is 16.4. The van der Waals surface area contributed by atoms with Gasteiger partial charge in [0.1, 0.15) is 19.0 Å². The van der Waals surface area contributed by atoms with E-state index in [1.54, 1.807) is 25.3 Å². The van der Waals surface area contributed by atoms with E-state index in [9.17, 15) is 4.79 Å². The van der Waals surface area contributed by atoms with E-state index < -0.39 is 0 Å². The molecule has 0 saturated heterocycles. The maximum atomic E-state index is 12.6. The summed E-state index contributed by atoms with van der Waals surface area (Å²) in [5.74, 6) is 1.95. The molecule has 3 aromatic rings. The zero-order chi connectivity index (χ0) is 20.9. The normalized spacial score (nSPS) is 13.4. The van der Waals surface area contributed by atoms with Gasteiger partial charge in [-0.15, -0.1) is 10.2 Å². The lowest BCUT2D eigenvalue weighted by molar-refractivity contribution is -0.115. The smallest absolute Gasteiger partial charge is 0.237 e. The third-order valence-electron chi connectivity index (χ3n) is 4.18. The van der Waals surface area contributed by atoms with Crippen LogP contribution in [0.25, 0.3) is 0 Å². The molecule has 2 heterocycles. The maximum absolute atomic E-state index is 12.6. The fraction of sp³-hybridized carbons (Fsp3) is 0.250. The number of amides is 1. The third-order valence-corrected chi connectivity index (χ3v) is 6.21. The lowest BCUT2D eigenvalue weighted by Crippen LogP contribution is -2.22. The Kier molecular flexibility index (Phi) is 6.24. The fourth-order valence-corrected chi connectivity index (χ4v) is 4.62. The Morgan fingerprint density at radius 1 is 1.13 bits per heavy atom. The molecule has 156 valence electrons. The monoisotopic (exact) mass is 444 g/mol. The lowest BCUT2D eigenvalue weighted by atomic mass is 10.2. The van der Waals surface area contributed by atoms with Crippen LogP contribution < -0.4 is 24.8 Å². The van der Waals surface area contributed by atoms with Crippen molar-refractivity contribution in [2.75, 3.05) is 31.0 Å². The SMILES string of the molecule is COc1cccc(Nc2nnc(SC(C)C(=O)Nc3ccc4c(c3)OCCO4)s2)c1. The van der Waals surface area contributed by atoms with Gasteiger partial charge in [0.15, 0.2) is 15.8 Å². The van der Waals surface area contributed by atoms with E-state index in [-0.39, 0.29) is 11.2 Å². The van der Waals surface area contributed by atoms with Crippen LogP contribution in [0.5, 0.6) is 17.2 Å². The molecule has 2 N–H and O–H groups in total. The van der Waals surface area contributed by atoms with Gasteiger partial charge in [-0.05, 0) is 31.2 Å². The highest BCUT2D eigenvalue weighted by Gasteiger charge is 2.19. The summed E-state index contributed by atoms with van der Waals surface area (Å²) in [7, 11) is 1.62. The summed E-state index contributed by atoms with van der Waals surface area (Å²) >= 11 is 2.74. The number of nitrogens with zero attached hydrogens (tertiary/aromatic N) is 2. The van der Waals surface area contributed by atoms with E-state index in [1.807, 2.05) is 31.2 Å². The molecule has 0 spiro atoms. The van der Waals surface area contributed by atoms with Gasteiger partial charge in [0, 0.05) is 23.5 Å². The molecule has 4 rings (SSSR count). The number of hydrogen-bond donors (Lipinski definition) is 2. The number of carbonyl (C=O) groups excluding carboxylic acids is 1. The number of benzene rings is 2. The van der Waals surface area contributed by atoms with Crippen LogP contribution in [0.3, 0.4) is 0 Å². The van der Waals surface area contributed by atoms with Crippen molar-refractivity contribution in [1.29, 1.82) is 0 Å². The van der Waals surface area contributed by atoms with Crippen molar-refractivity contribution in [2.24, 2.45) is 0 Å². The number of hydrogen-bond acceptors (Lipinski definition) is 9. The molecule has 1 unspecified atom stereocenters. The lowest BCUT2D eigenvalue weighted by Gasteiger charge is -2.19. The Labute approximate surface area is 182 Å². The topological polar surface area (TPSA) is 94.6 Å². The molecule has 10 heteroatoms. The second-order valence-corrected chi connectivity index (χ2v) is 8.90. The number of nitrogens with one attached hydrogen (secondary N) is 2. The van der Waals surface area contributed by atoms with Crippen LogP contribution in [0.2, 0.25) is 0 Å². The number of ether oxygens (including phenoxy) is 3. The number of methoxy groups -OCH3 is 1. The third kappa shape index (κ3) is 4.95. The van der Waals surface area contributed by atoms with E-state index in [2.05, 4.69) is 20.8 Å². The van der Waals surface area contributed by atoms with Crippen molar-refractivity contribution >= 4 is 45.5 Å². The first-order chi connectivity index (χ1) is 14.6. The van der Waals surface area contributed by atoms with E-state index >= 15 is 0 Å². The highest BCUT2D eigenvalue weighted by atomic mass is 32.2. The summed E-state index contributed by atoms with van der Waals surface area (Å²) in [6.07, 6.45) is 0. The Balaban J connectivity index is 1.34. The molecule has 1 amide bonds. The standard InChI is InChI=1S/C20H20N4O4S2/c1-12(18(25)21-14-6-7-16-17(11-14)28-9-8-27-16)29-20-24-23-19(30-20)22-13-4-3-5-15(10-13)26-2/h3-7,10-12H,8-9H2,1-2H3,(H,21,25)(H,22,23). The molecule has 30 heavy (non-hydrogen) atoms. The van der Waals surface area contributed by atoms with Crippen LogP contribution in [0.15, 0.2) is 46.8 Å². The average molecular weight is 445 g/mol. The van der Waals surface area contributed by atoms with E-state index in [4.69, 9.17) is 14.2 Å².